The van der Waals surface area contributed by atoms with Gasteiger partial charge in [-0.1, -0.05) is 109 Å². The first-order valence-electron chi connectivity index (χ1n) is 15.3. The fourth-order valence-electron chi connectivity index (χ4n) is 6.22. The van der Waals surface area contributed by atoms with Gasteiger partial charge < -0.3 is 14.2 Å². The van der Waals surface area contributed by atoms with Gasteiger partial charge in [0.1, 0.15) is 11.2 Å². The Morgan fingerprint density at radius 3 is 1.54 bits per heavy atom. The second-order valence-corrected chi connectivity index (χ2v) is 11.6. The van der Waals surface area contributed by atoms with Gasteiger partial charge in [-0.3, -0.25) is 0 Å². The van der Waals surface area contributed by atoms with Crippen LogP contribution in [0.4, 0.5) is 34.1 Å². The molecule has 0 spiro atoms. The molecule has 0 saturated carbocycles. The van der Waals surface area contributed by atoms with E-state index in [-0.39, 0.29) is 0 Å². The minimum Gasteiger partial charge on any atom is -0.456 e. The quantitative estimate of drug-likeness (QED) is 0.178. The average Bonchev–Trinajstić information content (AvgIpc) is 3.48. The number of furan rings is 1. The largest absolute Gasteiger partial charge is 0.456 e. The van der Waals surface area contributed by atoms with Gasteiger partial charge in [0, 0.05) is 44.9 Å². The summed E-state index contributed by atoms with van der Waals surface area (Å²) in [4.78, 5) is 4.54. The summed E-state index contributed by atoms with van der Waals surface area (Å²) in [6.07, 6.45) is 0. The predicted molar refractivity (Wildman–Crippen MR) is 194 cm³/mol. The lowest BCUT2D eigenvalue weighted by Crippen LogP contribution is -2.11. The highest BCUT2D eigenvalue weighted by atomic mass is 35.5. The van der Waals surface area contributed by atoms with Crippen molar-refractivity contribution in [2.75, 3.05) is 9.80 Å². The van der Waals surface area contributed by atoms with Crippen molar-refractivity contribution in [1.82, 2.24) is 0 Å². The van der Waals surface area contributed by atoms with Crippen LogP contribution in [0.5, 0.6) is 0 Å². The number of anilines is 6. The third-order valence-corrected chi connectivity index (χ3v) is 8.47. The maximum atomic E-state index is 6.84. The molecule has 0 amide bonds. The Bertz CT molecular complexity index is 2230. The summed E-state index contributed by atoms with van der Waals surface area (Å²) in [5, 5.41) is 2.62. The lowest BCUT2D eigenvalue weighted by Gasteiger charge is -2.27. The van der Waals surface area contributed by atoms with Crippen molar-refractivity contribution in [3.05, 3.63) is 181 Å². The zero-order chi connectivity index (χ0) is 30.9. The SMILES string of the molecule is Clc1cc(N(c2ccccc2)c2cccc(-c3ccccc3)c2)c2c(c1)oc1ccc(N(c3ccccc3)c3ccccc3)cc12. The molecule has 7 aromatic carbocycles. The molecule has 4 heteroatoms. The maximum absolute atomic E-state index is 6.84. The molecule has 0 N–H and O–H groups in total. The number of fused-ring (bicyclic) bond motifs is 3. The summed E-state index contributed by atoms with van der Waals surface area (Å²) >= 11 is 6.84. The van der Waals surface area contributed by atoms with E-state index in [9.17, 15) is 0 Å². The molecule has 0 bridgehead atoms. The number of nitrogens with zero attached hydrogens (tertiary/aromatic N) is 2. The number of benzene rings is 7. The molecule has 0 saturated heterocycles. The van der Waals surface area contributed by atoms with Gasteiger partial charge in [-0.25, -0.2) is 0 Å². The summed E-state index contributed by atoms with van der Waals surface area (Å²) in [7, 11) is 0. The molecule has 220 valence electrons. The Kier molecular flexibility index (Phi) is 7.22. The number of rotatable bonds is 7. The van der Waals surface area contributed by atoms with Gasteiger partial charge in [-0.15, -0.1) is 0 Å². The van der Waals surface area contributed by atoms with Crippen molar-refractivity contribution in [2.24, 2.45) is 0 Å². The number of hydrogen-bond acceptors (Lipinski definition) is 3. The van der Waals surface area contributed by atoms with E-state index in [1.54, 1.807) is 0 Å². The van der Waals surface area contributed by atoms with Crippen LogP contribution in [0, 0.1) is 0 Å². The molecular formula is C42H29ClN2O. The van der Waals surface area contributed by atoms with Crippen LogP contribution in [0.3, 0.4) is 0 Å². The Balaban J connectivity index is 1.37. The van der Waals surface area contributed by atoms with Gasteiger partial charge in [0.15, 0.2) is 0 Å². The predicted octanol–water partition coefficient (Wildman–Crippen LogP) is 12.8. The van der Waals surface area contributed by atoms with Gasteiger partial charge in [-0.2, -0.15) is 0 Å². The lowest BCUT2D eigenvalue weighted by molar-refractivity contribution is 0.669. The molecule has 8 rings (SSSR count). The van der Waals surface area contributed by atoms with Crippen molar-refractivity contribution in [3.63, 3.8) is 0 Å². The van der Waals surface area contributed by atoms with Crippen LogP contribution < -0.4 is 9.80 Å². The maximum Gasteiger partial charge on any atom is 0.139 e. The topological polar surface area (TPSA) is 19.6 Å². The minimum atomic E-state index is 0.608. The number of halogens is 1. The van der Waals surface area contributed by atoms with Gasteiger partial charge in [0.25, 0.3) is 0 Å². The summed E-state index contributed by atoms with van der Waals surface area (Å²) in [6, 6.07) is 60.8. The third kappa shape index (κ3) is 5.17. The Labute approximate surface area is 273 Å². The van der Waals surface area contributed by atoms with E-state index in [1.165, 1.54) is 0 Å². The summed E-state index contributed by atoms with van der Waals surface area (Å²) in [5.41, 5.74) is 10.0. The molecule has 1 heterocycles. The van der Waals surface area contributed by atoms with E-state index >= 15 is 0 Å². The molecule has 0 radical (unpaired) electrons. The van der Waals surface area contributed by atoms with Crippen LogP contribution in [-0.2, 0) is 0 Å². The fourth-order valence-corrected chi connectivity index (χ4v) is 6.42. The normalized spacial score (nSPS) is 11.2. The molecule has 0 atom stereocenters. The molecule has 0 aliphatic rings. The second kappa shape index (κ2) is 12.0. The highest BCUT2D eigenvalue weighted by Gasteiger charge is 2.22. The first-order chi connectivity index (χ1) is 22.7. The summed E-state index contributed by atoms with van der Waals surface area (Å²) in [5.74, 6) is 0. The number of para-hydroxylation sites is 3. The third-order valence-electron chi connectivity index (χ3n) is 8.25. The molecule has 0 aliphatic carbocycles. The second-order valence-electron chi connectivity index (χ2n) is 11.2. The molecule has 1 aromatic heterocycles. The summed E-state index contributed by atoms with van der Waals surface area (Å²) in [6.45, 7) is 0. The Morgan fingerprint density at radius 1 is 0.391 bits per heavy atom. The van der Waals surface area contributed by atoms with Crippen molar-refractivity contribution in [3.8, 4) is 11.1 Å². The van der Waals surface area contributed by atoms with Crippen molar-refractivity contribution < 1.29 is 4.42 Å². The van der Waals surface area contributed by atoms with E-state index in [2.05, 4.69) is 149 Å². The molecule has 0 unspecified atom stereocenters. The van der Waals surface area contributed by atoms with Crippen molar-refractivity contribution in [1.29, 1.82) is 0 Å². The monoisotopic (exact) mass is 612 g/mol. The zero-order valence-electron chi connectivity index (χ0n) is 24.9. The highest BCUT2D eigenvalue weighted by Crippen LogP contribution is 2.46. The lowest BCUT2D eigenvalue weighted by atomic mass is 10.0. The van der Waals surface area contributed by atoms with Crippen LogP contribution >= 0.6 is 11.6 Å². The zero-order valence-corrected chi connectivity index (χ0v) is 25.7. The summed E-state index contributed by atoms with van der Waals surface area (Å²) < 4.78 is 6.51. The molecule has 3 nitrogen and oxygen atoms in total. The van der Waals surface area contributed by atoms with Crippen molar-refractivity contribution in [2.45, 2.75) is 0 Å². The van der Waals surface area contributed by atoms with Gasteiger partial charge in [-0.05, 0) is 83.9 Å². The van der Waals surface area contributed by atoms with Gasteiger partial charge >= 0.3 is 0 Å². The molecule has 8 aromatic rings. The smallest absolute Gasteiger partial charge is 0.139 e. The Hall–Kier alpha value is -5.77. The fraction of sp³-hybridized carbons (Fsp3) is 0. The van der Waals surface area contributed by atoms with E-state index in [1.807, 2.05) is 36.4 Å². The van der Waals surface area contributed by atoms with Gasteiger partial charge in [0.05, 0.1) is 11.1 Å². The van der Waals surface area contributed by atoms with E-state index < -0.39 is 0 Å². The van der Waals surface area contributed by atoms with E-state index in [0.717, 1.165) is 67.2 Å². The minimum absolute atomic E-state index is 0.608. The first-order valence-corrected chi connectivity index (χ1v) is 15.7. The molecule has 0 aliphatic heterocycles. The highest BCUT2D eigenvalue weighted by molar-refractivity contribution is 6.32. The van der Waals surface area contributed by atoms with Crippen LogP contribution in [0.15, 0.2) is 180 Å². The Morgan fingerprint density at radius 2 is 0.913 bits per heavy atom. The van der Waals surface area contributed by atoms with Crippen LogP contribution in [0.2, 0.25) is 5.02 Å². The average molecular weight is 613 g/mol. The van der Waals surface area contributed by atoms with E-state index in [4.69, 9.17) is 16.0 Å². The van der Waals surface area contributed by atoms with Gasteiger partial charge in [0.2, 0.25) is 0 Å². The van der Waals surface area contributed by atoms with E-state index in [0.29, 0.717) is 5.02 Å². The number of hydrogen-bond donors (Lipinski definition) is 0. The first kappa shape index (κ1) is 27.8. The van der Waals surface area contributed by atoms with Crippen LogP contribution in [0.1, 0.15) is 0 Å². The molecule has 0 fully saturated rings. The molecular weight excluding hydrogens is 584 g/mol. The van der Waals surface area contributed by atoms with Crippen molar-refractivity contribution >= 4 is 67.7 Å². The molecule has 46 heavy (non-hydrogen) atoms. The van der Waals surface area contributed by atoms with Crippen LogP contribution in [-0.4, -0.2) is 0 Å². The van der Waals surface area contributed by atoms with Crippen LogP contribution in [0.25, 0.3) is 33.1 Å². The standard InChI is InChI=1S/C42H29ClN2O/c43-32-27-39(45(35-21-11-4-12-22-35)36-23-13-16-31(26-36)30-14-5-1-6-15-30)42-38-29-37(24-25-40(38)46-41(42)28-32)44(33-17-7-2-8-18-33)34-19-9-3-10-20-34/h1-29H.